The van der Waals surface area contributed by atoms with E-state index in [-0.39, 0.29) is 12.3 Å². The molecule has 0 saturated heterocycles. The average molecular weight is 334 g/mol. The first-order valence-electron chi connectivity index (χ1n) is 7.79. The maximum atomic E-state index is 12.0. The molecule has 1 unspecified atom stereocenters. The number of aromatic nitrogens is 3. The fourth-order valence-electron chi connectivity index (χ4n) is 2.72. The van der Waals surface area contributed by atoms with Gasteiger partial charge in [-0.1, -0.05) is 12.1 Å². The Morgan fingerprint density at radius 3 is 2.92 bits per heavy atom. The van der Waals surface area contributed by atoms with Crippen LogP contribution in [0.4, 0.5) is 0 Å². The van der Waals surface area contributed by atoms with Crippen LogP contribution in [0.3, 0.4) is 0 Å². The molecule has 1 atom stereocenters. The van der Waals surface area contributed by atoms with Gasteiger partial charge in [0.05, 0.1) is 23.4 Å². The van der Waals surface area contributed by atoms with Gasteiger partial charge in [0.15, 0.2) is 0 Å². The Kier molecular flexibility index (Phi) is 4.46. The second kappa shape index (κ2) is 6.71. The summed E-state index contributed by atoms with van der Waals surface area (Å²) in [5.41, 5.74) is 9.81. The van der Waals surface area contributed by atoms with Gasteiger partial charge in [0.25, 0.3) is 0 Å². The first-order chi connectivity index (χ1) is 12.0. The van der Waals surface area contributed by atoms with Crippen molar-refractivity contribution in [3.8, 4) is 17.2 Å². The predicted octanol–water partition coefficient (Wildman–Crippen LogP) is 1.97. The van der Waals surface area contributed by atoms with E-state index in [1.807, 2.05) is 18.3 Å². The van der Waals surface area contributed by atoms with Gasteiger partial charge in [-0.05, 0) is 17.7 Å². The van der Waals surface area contributed by atoms with E-state index in [9.17, 15) is 4.79 Å². The highest BCUT2D eigenvalue weighted by Crippen LogP contribution is 2.32. The third-order valence-corrected chi connectivity index (χ3v) is 4.05. The zero-order chi connectivity index (χ0) is 18.0. The van der Waals surface area contributed by atoms with Crippen molar-refractivity contribution in [1.29, 1.82) is 5.26 Å². The molecule has 3 N–H and O–H groups in total. The number of hydrogen-bond donors (Lipinski definition) is 2. The van der Waals surface area contributed by atoms with Crippen LogP contribution in [0, 0.1) is 11.3 Å². The van der Waals surface area contributed by atoms with E-state index in [2.05, 4.69) is 21.0 Å². The van der Waals surface area contributed by atoms with Gasteiger partial charge in [0, 0.05) is 37.7 Å². The summed E-state index contributed by atoms with van der Waals surface area (Å²) >= 11 is 0. The van der Waals surface area contributed by atoms with Gasteiger partial charge in [-0.3, -0.25) is 4.79 Å². The van der Waals surface area contributed by atoms with Crippen molar-refractivity contribution in [3.63, 3.8) is 0 Å². The Morgan fingerprint density at radius 1 is 1.40 bits per heavy atom. The van der Waals surface area contributed by atoms with Gasteiger partial charge >= 0.3 is 0 Å². The van der Waals surface area contributed by atoms with Crippen molar-refractivity contribution in [2.45, 2.75) is 12.5 Å². The SMILES string of the molecule is CN(C)C(=O)CC(N)c1ncnc2[nH]cc(-c3cccc(C#N)c3)c12. The molecule has 25 heavy (non-hydrogen) atoms. The lowest BCUT2D eigenvalue weighted by Crippen LogP contribution is -2.27. The van der Waals surface area contributed by atoms with E-state index in [0.29, 0.717) is 16.9 Å². The lowest BCUT2D eigenvalue weighted by molar-refractivity contribution is -0.129. The number of amides is 1. The fourth-order valence-corrected chi connectivity index (χ4v) is 2.72. The maximum Gasteiger partial charge on any atom is 0.224 e. The maximum absolute atomic E-state index is 12.0. The summed E-state index contributed by atoms with van der Waals surface area (Å²) in [6.45, 7) is 0. The Bertz CT molecular complexity index is 969. The molecule has 126 valence electrons. The Balaban J connectivity index is 2.10. The van der Waals surface area contributed by atoms with Crippen LogP contribution in [0.15, 0.2) is 36.8 Å². The quantitative estimate of drug-likeness (QED) is 0.757. The molecule has 0 saturated carbocycles. The number of rotatable bonds is 4. The first kappa shape index (κ1) is 16.6. The summed E-state index contributed by atoms with van der Waals surface area (Å²) in [6.07, 6.45) is 3.41. The topological polar surface area (TPSA) is 112 Å². The third-order valence-electron chi connectivity index (χ3n) is 4.05. The molecule has 2 heterocycles. The molecule has 1 aromatic carbocycles. The number of benzene rings is 1. The van der Waals surface area contributed by atoms with E-state index in [4.69, 9.17) is 11.0 Å². The number of nitrogens with zero attached hydrogens (tertiary/aromatic N) is 4. The molecule has 7 nitrogen and oxygen atoms in total. The molecule has 2 aromatic heterocycles. The number of carbonyl (C=O) groups is 1. The molecular formula is C18H18N6O. The van der Waals surface area contributed by atoms with Crippen LogP contribution < -0.4 is 5.73 Å². The van der Waals surface area contributed by atoms with Crippen molar-refractivity contribution in [1.82, 2.24) is 19.9 Å². The normalized spacial score (nSPS) is 11.9. The molecule has 1 amide bonds. The molecule has 3 aromatic rings. The van der Waals surface area contributed by atoms with E-state index in [1.165, 1.54) is 11.2 Å². The van der Waals surface area contributed by atoms with E-state index < -0.39 is 6.04 Å². The van der Waals surface area contributed by atoms with Gasteiger partial charge in [-0.25, -0.2) is 9.97 Å². The van der Waals surface area contributed by atoms with Crippen LogP contribution in [-0.4, -0.2) is 39.9 Å². The fraction of sp³-hybridized carbons (Fsp3) is 0.222. The first-order valence-corrected chi connectivity index (χ1v) is 7.79. The van der Waals surface area contributed by atoms with Crippen LogP contribution >= 0.6 is 0 Å². The molecule has 0 radical (unpaired) electrons. The molecular weight excluding hydrogens is 316 g/mol. The summed E-state index contributed by atoms with van der Waals surface area (Å²) < 4.78 is 0. The second-order valence-corrected chi connectivity index (χ2v) is 5.98. The second-order valence-electron chi connectivity index (χ2n) is 5.98. The minimum atomic E-state index is -0.547. The lowest BCUT2D eigenvalue weighted by atomic mass is 9.99. The van der Waals surface area contributed by atoms with Gasteiger partial charge in [0.1, 0.15) is 12.0 Å². The predicted molar refractivity (Wildman–Crippen MR) is 94.3 cm³/mol. The number of nitrogens with one attached hydrogen (secondary N) is 1. The lowest BCUT2D eigenvalue weighted by Gasteiger charge is -2.16. The van der Waals surface area contributed by atoms with Gasteiger partial charge in [0.2, 0.25) is 5.91 Å². The summed E-state index contributed by atoms with van der Waals surface area (Å²) in [5.74, 6) is -0.0668. The smallest absolute Gasteiger partial charge is 0.224 e. The minimum Gasteiger partial charge on any atom is -0.349 e. The van der Waals surface area contributed by atoms with Crippen molar-refractivity contribution in [3.05, 3.63) is 48.0 Å². The average Bonchev–Trinajstić information content (AvgIpc) is 3.05. The zero-order valence-electron chi connectivity index (χ0n) is 14.0. The number of fused-ring (bicyclic) bond motifs is 1. The van der Waals surface area contributed by atoms with Gasteiger partial charge in [-0.15, -0.1) is 0 Å². The molecule has 0 aliphatic rings. The minimum absolute atomic E-state index is 0.0668. The standard InChI is InChI=1S/C18H18N6O/c1-24(2)15(25)7-14(20)17-16-13(9-21-18(16)23-10-22-17)12-5-3-4-11(6-12)8-19/h3-6,9-10,14H,7,20H2,1-2H3,(H,21,22,23). The number of nitrogens with two attached hydrogens (primary N) is 1. The summed E-state index contributed by atoms with van der Waals surface area (Å²) in [6, 6.07) is 8.88. The molecule has 7 heteroatoms. The largest absolute Gasteiger partial charge is 0.349 e. The monoisotopic (exact) mass is 334 g/mol. The number of aromatic amines is 1. The Labute approximate surface area is 145 Å². The number of nitriles is 1. The number of H-pyrrole nitrogens is 1. The molecule has 0 aliphatic heterocycles. The van der Waals surface area contributed by atoms with E-state index in [0.717, 1.165) is 16.5 Å². The van der Waals surface area contributed by atoms with Crippen LogP contribution in [0.2, 0.25) is 0 Å². The van der Waals surface area contributed by atoms with Crippen molar-refractivity contribution in [2.24, 2.45) is 5.73 Å². The van der Waals surface area contributed by atoms with Crippen molar-refractivity contribution in [2.75, 3.05) is 14.1 Å². The van der Waals surface area contributed by atoms with Crippen LogP contribution in [0.5, 0.6) is 0 Å². The highest BCUT2D eigenvalue weighted by atomic mass is 16.2. The van der Waals surface area contributed by atoms with Crippen LogP contribution in [0.25, 0.3) is 22.2 Å². The van der Waals surface area contributed by atoms with Crippen molar-refractivity contribution < 1.29 is 4.79 Å². The molecule has 0 spiro atoms. The Morgan fingerprint density at radius 2 is 2.20 bits per heavy atom. The molecule has 3 rings (SSSR count). The van der Waals surface area contributed by atoms with Gasteiger partial charge < -0.3 is 15.6 Å². The summed E-state index contributed by atoms with van der Waals surface area (Å²) in [5, 5.41) is 9.90. The third kappa shape index (κ3) is 3.20. The van der Waals surface area contributed by atoms with Crippen molar-refractivity contribution >= 4 is 16.9 Å². The highest BCUT2D eigenvalue weighted by Gasteiger charge is 2.20. The number of carbonyl (C=O) groups excluding carboxylic acids is 1. The molecule has 0 bridgehead atoms. The van der Waals surface area contributed by atoms with E-state index in [1.54, 1.807) is 26.2 Å². The summed E-state index contributed by atoms with van der Waals surface area (Å²) in [7, 11) is 3.39. The molecule has 0 fully saturated rings. The van der Waals surface area contributed by atoms with Crippen LogP contribution in [0.1, 0.15) is 23.7 Å². The number of hydrogen-bond acceptors (Lipinski definition) is 5. The zero-order valence-corrected chi connectivity index (χ0v) is 14.0. The highest BCUT2D eigenvalue weighted by molar-refractivity contribution is 5.96. The molecule has 0 aliphatic carbocycles. The summed E-state index contributed by atoms with van der Waals surface area (Å²) in [4.78, 5) is 25.2. The Hall–Kier alpha value is -3.24. The van der Waals surface area contributed by atoms with Crippen LogP contribution in [-0.2, 0) is 4.79 Å². The van der Waals surface area contributed by atoms with E-state index >= 15 is 0 Å². The van der Waals surface area contributed by atoms with Gasteiger partial charge in [-0.2, -0.15) is 5.26 Å².